The summed E-state index contributed by atoms with van der Waals surface area (Å²) in [5.41, 5.74) is 6.76. The minimum atomic E-state index is -2.73. The normalized spacial score (nSPS) is 27.2. The highest BCUT2D eigenvalue weighted by Crippen LogP contribution is 2.54. The first-order valence-electron chi connectivity index (χ1n) is 17.5. The van der Waals surface area contributed by atoms with Gasteiger partial charge in [-0.3, -0.25) is 28.8 Å². The lowest BCUT2D eigenvalue weighted by Gasteiger charge is -2.52. The van der Waals surface area contributed by atoms with Crippen LogP contribution in [0.25, 0.3) is 11.1 Å². The number of benzene rings is 2. The number of hydrogen-bond acceptors (Lipinski definition) is 9. The number of phenols is 1. The standard InChI is InChI=1S/C39H48N2O8/c1-7-21-10-9-20(17-41-27(13-18(3)4)28(42)8-2)14-24(21)23-11-12-29(43)32-25(23)15-22-16-26-30(19(5)6)34(44)33(38(40)48)37(47)39(26,49)36(46)31(22)35(32)45/h9-12,14,18-19,22,26-27,30-31,33,41,43,49H,7-8,13,15-17H2,1-6H3,(H2,40,48)/t22-,26-,27?,30-,31?,33?,39-/m0/s1. The second-order valence-electron chi connectivity index (χ2n) is 14.9. The summed E-state index contributed by atoms with van der Waals surface area (Å²) >= 11 is 0. The van der Waals surface area contributed by atoms with E-state index in [4.69, 9.17) is 5.73 Å². The molecular weight excluding hydrogens is 624 g/mol. The van der Waals surface area contributed by atoms with Gasteiger partial charge in [0.1, 0.15) is 11.5 Å². The van der Waals surface area contributed by atoms with Crippen LogP contribution in [0.5, 0.6) is 5.75 Å². The van der Waals surface area contributed by atoms with E-state index in [0.717, 1.165) is 28.7 Å². The summed E-state index contributed by atoms with van der Waals surface area (Å²) in [5.74, 6) is -11.4. The summed E-state index contributed by atoms with van der Waals surface area (Å²) < 4.78 is 0. The SMILES string of the molecule is CCC(=O)C(CC(C)C)NCc1ccc(CC)c(-c2ccc(O)c3c2C[C@H]2C[C@H]4[C@H](C(C)C)C(=O)C(C(N)=O)C(=O)[C@@]4(O)C(=O)C2C3=O)c1. The Labute approximate surface area is 287 Å². The molecule has 0 spiro atoms. The Bertz CT molecular complexity index is 1730. The van der Waals surface area contributed by atoms with Crippen molar-refractivity contribution in [2.45, 2.75) is 91.8 Å². The number of aliphatic hydroxyl groups is 1. The molecule has 1 amide bonds. The maximum Gasteiger partial charge on any atom is 0.235 e. The number of ketones is 5. The first-order chi connectivity index (χ1) is 23.1. The van der Waals surface area contributed by atoms with Gasteiger partial charge in [-0.05, 0) is 83.4 Å². The van der Waals surface area contributed by atoms with Gasteiger partial charge < -0.3 is 21.3 Å². The highest BCUT2D eigenvalue weighted by atomic mass is 16.3. The van der Waals surface area contributed by atoms with Crippen LogP contribution in [0.4, 0.5) is 0 Å². The number of nitrogens with one attached hydrogen (secondary N) is 1. The quantitative estimate of drug-likeness (QED) is 0.257. The number of carbonyl (C=O) groups is 6. The first-order valence-corrected chi connectivity index (χ1v) is 17.5. The Morgan fingerprint density at radius 2 is 1.69 bits per heavy atom. The summed E-state index contributed by atoms with van der Waals surface area (Å²) in [4.78, 5) is 80.4. The van der Waals surface area contributed by atoms with Crippen LogP contribution in [-0.2, 0) is 43.4 Å². The summed E-state index contributed by atoms with van der Waals surface area (Å²) in [6, 6.07) is 8.96. The molecule has 0 heterocycles. The fourth-order valence-corrected chi connectivity index (χ4v) is 8.69. The third-order valence-electron chi connectivity index (χ3n) is 11.0. The summed E-state index contributed by atoms with van der Waals surface area (Å²) in [6.07, 6.45) is 2.04. The molecule has 0 saturated heterocycles. The van der Waals surface area contributed by atoms with E-state index in [1.54, 1.807) is 19.9 Å². The van der Waals surface area contributed by atoms with Gasteiger partial charge in [-0.25, -0.2) is 0 Å². The number of fused-ring (bicyclic) bond motifs is 3. The summed E-state index contributed by atoms with van der Waals surface area (Å²) in [6.45, 7) is 11.9. The van der Waals surface area contributed by atoms with Crippen molar-refractivity contribution in [1.29, 1.82) is 0 Å². The molecule has 10 nitrogen and oxygen atoms in total. The van der Waals surface area contributed by atoms with E-state index in [-0.39, 0.29) is 36.0 Å². The van der Waals surface area contributed by atoms with E-state index in [0.29, 0.717) is 30.9 Å². The van der Waals surface area contributed by atoms with Crippen molar-refractivity contribution in [3.8, 4) is 16.9 Å². The maximum atomic E-state index is 14.3. The lowest BCUT2D eigenvalue weighted by Crippen LogP contribution is -2.71. The maximum absolute atomic E-state index is 14.3. The third kappa shape index (κ3) is 6.07. The second-order valence-corrected chi connectivity index (χ2v) is 14.9. The summed E-state index contributed by atoms with van der Waals surface area (Å²) in [5, 5.41) is 26.4. The lowest BCUT2D eigenvalue weighted by atomic mass is 9.49. The molecule has 0 radical (unpaired) electrons. The van der Waals surface area contributed by atoms with E-state index < -0.39 is 70.1 Å². The van der Waals surface area contributed by atoms with Crippen molar-refractivity contribution in [3.05, 3.63) is 52.6 Å². The van der Waals surface area contributed by atoms with E-state index >= 15 is 0 Å². The van der Waals surface area contributed by atoms with Crippen molar-refractivity contribution in [3.63, 3.8) is 0 Å². The Morgan fingerprint density at radius 1 is 1.00 bits per heavy atom. The summed E-state index contributed by atoms with van der Waals surface area (Å²) in [7, 11) is 0. The molecule has 2 saturated carbocycles. The van der Waals surface area contributed by atoms with Gasteiger partial charge in [-0.1, -0.05) is 59.7 Å². The predicted molar refractivity (Wildman–Crippen MR) is 182 cm³/mol. The molecule has 3 aliphatic rings. The van der Waals surface area contributed by atoms with E-state index in [1.807, 2.05) is 32.0 Å². The number of primary amides is 1. The van der Waals surface area contributed by atoms with Gasteiger partial charge in [0.2, 0.25) is 5.91 Å². The van der Waals surface area contributed by atoms with Crippen LogP contribution in [-0.4, -0.2) is 56.7 Å². The molecule has 3 aliphatic carbocycles. The second kappa shape index (κ2) is 13.7. The molecule has 0 aliphatic heterocycles. The molecule has 3 unspecified atom stereocenters. The first kappa shape index (κ1) is 36.3. The number of aromatic hydroxyl groups is 1. The minimum Gasteiger partial charge on any atom is -0.507 e. The number of amides is 1. The fourth-order valence-electron chi connectivity index (χ4n) is 8.69. The molecule has 5 rings (SSSR count). The average molecular weight is 673 g/mol. The molecular formula is C39H48N2O8. The predicted octanol–water partition coefficient (Wildman–Crippen LogP) is 3.92. The van der Waals surface area contributed by atoms with Crippen LogP contribution in [0.15, 0.2) is 30.3 Å². The Kier molecular flexibility index (Phi) is 10.1. The van der Waals surface area contributed by atoms with E-state index in [1.165, 1.54) is 6.07 Å². The molecule has 2 fully saturated rings. The minimum absolute atomic E-state index is 0.0201. The van der Waals surface area contributed by atoms with Gasteiger partial charge in [-0.2, -0.15) is 0 Å². The smallest absolute Gasteiger partial charge is 0.235 e. The fraction of sp³-hybridized carbons (Fsp3) is 0.538. The molecule has 5 N–H and O–H groups in total. The number of phenolic OH excluding ortho intramolecular Hbond substituents is 1. The number of nitrogens with two attached hydrogens (primary N) is 1. The Hall–Kier alpha value is -4.02. The van der Waals surface area contributed by atoms with Crippen LogP contribution in [0, 0.1) is 41.4 Å². The number of hydrogen-bond donors (Lipinski definition) is 4. The topological polar surface area (TPSA) is 181 Å². The van der Waals surface area contributed by atoms with E-state index in [2.05, 4.69) is 19.2 Å². The zero-order valence-corrected chi connectivity index (χ0v) is 29.2. The molecule has 2 aromatic rings. The van der Waals surface area contributed by atoms with Crippen molar-refractivity contribution >= 4 is 34.8 Å². The van der Waals surface area contributed by atoms with Crippen LogP contribution in [0.3, 0.4) is 0 Å². The average Bonchev–Trinajstić information content (AvgIpc) is 3.03. The highest BCUT2D eigenvalue weighted by Gasteiger charge is 2.69. The van der Waals surface area contributed by atoms with Gasteiger partial charge in [0.15, 0.2) is 34.7 Å². The zero-order chi connectivity index (χ0) is 36.1. The van der Waals surface area contributed by atoms with Crippen molar-refractivity contribution in [2.75, 3.05) is 0 Å². The van der Waals surface area contributed by atoms with Crippen LogP contribution < -0.4 is 11.1 Å². The molecule has 2 aromatic carbocycles. The molecule has 7 atom stereocenters. The van der Waals surface area contributed by atoms with Gasteiger partial charge in [0, 0.05) is 24.8 Å². The third-order valence-corrected chi connectivity index (χ3v) is 11.0. The van der Waals surface area contributed by atoms with Gasteiger partial charge >= 0.3 is 0 Å². The van der Waals surface area contributed by atoms with Gasteiger partial charge in [0.05, 0.1) is 17.5 Å². The molecule has 0 aromatic heterocycles. The number of carbonyl (C=O) groups excluding carboxylic acids is 6. The molecule has 49 heavy (non-hydrogen) atoms. The van der Waals surface area contributed by atoms with Crippen molar-refractivity contribution in [2.24, 2.45) is 47.2 Å². The number of rotatable bonds is 11. The van der Waals surface area contributed by atoms with Gasteiger partial charge in [0.25, 0.3) is 0 Å². The molecule has 262 valence electrons. The molecule has 0 bridgehead atoms. The number of aryl methyl sites for hydroxylation is 1. The highest BCUT2D eigenvalue weighted by molar-refractivity contribution is 6.32. The van der Waals surface area contributed by atoms with Crippen LogP contribution >= 0.6 is 0 Å². The largest absolute Gasteiger partial charge is 0.507 e. The lowest BCUT2D eigenvalue weighted by molar-refractivity contribution is -0.182. The zero-order valence-electron chi connectivity index (χ0n) is 29.2. The Balaban J connectivity index is 1.57. The van der Waals surface area contributed by atoms with E-state index in [9.17, 15) is 39.0 Å². The van der Waals surface area contributed by atoms with Crippen molar-refractivity contribution < 1.29 is 39.0 Å². The van der Waals surface area contributed by atoms with Crippen molar-refractivity contribution in [1.82, 2.24) is 5.32 Å². The van der Waals surface area contributed by atoms with Crippen LogP contribution in [0.1, 0.15) is 87.9 Å². The molecule has 10 heteroatoms. The number of Topliss-reactive ketones (excluding diaryl/α,β-unsaturated/α-hetero) is 5. The Morgan fingerprint density at radius 3 is 2.29 bits per heavy atom. The monoisotopic (exact) mass is 672 g/mol. The van der Waals surface area contributed by atoms with Gasteiger partial charge in [-0.15, -0.1) is 0 Å². The van der Waals surface area contributed by atoms with Crippen LogP contribution in [0.2, 0.25) is 0 Å².